The van der Waals surface area contributed by atoms with E-state index >= 15 is 0 Å². The number of unbranched alkanes of at least 4 members (excludes halogenated alkanes) is 1. The van der Waals surface area contributed by atoms with Crippen LogP contribution in [-0.2, 0) is 4.79 Å². The van der Waals surface area contributed by atoms with Crippen LogP contribution in [0.15, 0.2) is 95.9 Å². The number of thioether (sulfide) groups is 1. The number of amides is 1. The van der Waals surface area contributed by atoms with Gasteiger partial charge in [0.25, 0.3) is 0 Å². The molecule has 138 valence electrons. The summed E-state index contributed by atoms with van der Waals surface area (Å²) in [5, 5.41) is -0.273. The van der Waals surface area contributed by atoms with E-state index in [0.717, 1.165) is 35.5 Å². The van der Waals surface area contributed by atoms with Crippen LogP contribution in [0.2, 0.25) is 0 Å². The molecule has 0 radical (unpaired) electrons. The van der Waals surface area contributed by atoms with E-state index in [4.69, 9.17) is 0 Å². The molecule has 0 aliphatic rings. The molecule has 27 heavy (non-hydrogen) atoms. The SMILES string of the molecule is CCCCN(C(=O)C(Sc1ccccc1)c1ccccc1)c1ccccc1. The number of carbonyl (C=O) groups excluding carboxylic acids is 1. The van der Waals surface area contributed by atoms with Gasteiger partial charge in [-0.15, -0.1) is 11.8 Å². The predicted molar refractivity (Wildman–Crippen MR) is 115 cm³/mol. The summed E-state index contributed by atoms with van der Waals surface area (Å²) in [4.78, 5) is 16.7. The summed E-state index contributed by atoms with van der Waals surface area (Å²) in [5.74, 6) is 0.134. The molecule has 3 aromatic rings. The van der Waals surface area contributed by atoms with E-state index in [1.807, 2.05) is 83.8 Å². The lowest BCUT2D eigenvalue weighted by Crippen LogP contribution is -2.35. The second-order valence-corrected chi connectivity index (χ2v) is 7.58. The minimum Gasteiger partial charge on any atom is -0.311 e. The maximum Gasteiger partial charge on any atom is 0.244 e. The largest absolute Gasteiger partial charge is 0.311 e. The minimum atomic E-state index is -0.273. The molecule has 1 unspecified atom stereocenters. The van der Waals surface area contributed by atoms with Gasteiger partial charge in [0.2, 0.25) is 5.91 Å². The second-order valence-electron chi connectivity index (χ2n) is 6.40. The topological polar surface area (TPSA) is 20.3 Å². The molecule has 3 heteroatoms. The highest BCUT2D eigenvalue weighted by atomic mass is 32.2. The molecule has 1 atom stereocenters. The van der Waals surface area contributed by atoms with Crippen LogP contribution in [0.4, 0.5) is 5.69 Å². The van der Waals surface area contributed by atoms with E-state index in [9.17, 15) is 4.79 Å². The van der Waals surface area contributed by atoms with Crippen LogP contribution >= 0.6 is 11.8 Å². The molecule has 0 fully saturated rings. The molecule has 0 bridgehead atoms. The molecule has 0 spiro atoms. The van der Waals surface area contributed by atoms with Crippen molar-refractivity contribution in [2.75, 3.05) is 11.4 Å². The van der Waals surface area contributed by atoms with Gasteiger partial charge in [0.15, 0.2) is 0 Å². The Hall–Kier alpha value is -2.52. The Morgan fingerprint density at radius 2 is 1.41 bits per heavy atom. The van der Waals surface area contributed by atoms with Crippen molar-refractivity contribution < 1.29 is 4.79 Å². The predicted octanol–water partition coefficient (Wildman–Crippen LogP) is 6.35. The van der Waals surface area contributed by atoms with Gasteiger partial charge in [-0.2, -0.15) is 0 Å². The van der Waals surface area contributed by atoms with Crippen molar-refractivity contribution in [1.82, 2.24) is 0 Å². The van der Waals surface area contributed by atoms with Gasteiger partial charge in [-0.3, -0.25) is 4.79 Å². The van der Waals surface area contributed by atoms with Crippen molar-refractivity contribution in [2.45, 2.75) is 29.9 Å². The summed E-state index contributed by atoms with van der Waals surface area (Å²) in [6, 6.07) is 30.2. The lowest BCUT2D eigenvalue weighted by Gasteiger charge is -2.27. The van der Waals surface area contributed by atoms with Crippen LogP contribution in [0.5, 0.6) is 0 Å². The lowest BCUT2D eigenvalue weighted by molar-refractivity contribution is -0.118. The standard InChI is InChI=1S/C24H25NOS/c1-2-3-19-25(21-15-9-5-10-16-21)24(26)23(20-13-7-4-8-14-20)27-22-17-11-6-12-18-22/h4-18,23H,2-3,19H2,1H3. The maximum absolute atomic E-state index is 13.7. The monoisotopic (exact) mass is 375 g/mol. The van der Waals surface area contributed by atoms with E-state index in [0.29, 0.717) is 0 Å². The molecule has 2 nitrogen and oxygen atoms in total. The van der Waals surface area contributed by atoms with Gasteiger partial charge >= 0.3 is 0 Å². The van der Waals surface area contributed by atoms with E-state index in [1.165, 1.54) is 0 Å². The van der Waals surface area contributed by atoms with E-state index in [-0.39, 0.29) is 11.2 Å². The third-order valence-corrected chi connectivity index (χ3v) is 5.65. The third kappa shape index (κ3) is 5.24. The molecule has 0 saturated carbocycles. The molecule has 3 aromatic carbocycles. The van der Waals surface area contributed by atoms with Gasteiger partial charge < -0.3 is 4.90 Å². The average Bonchev–Trinajstić information content (AvgIpc) is 2.74. The Bertz CT molecular complexity index is 821. The summed E-state index contributed by atoms with van der Waals surface area (Å²) in [5.41, 5.74) is 2.00. The smallest absolute Gasteiger partial charge is 0.244 e. The zero-order valence-electron chi connectivity index (χ0n) is 15.6. The molecule has 3 rings (SSSR count). The maximum atomic E-state index is 13.7. The van der Waals surface area contributed by atoms with Gasteiger partial charge in [0.05, 0.1) is 0 Å². The number of hydrogen-bond donors (Lipinski definition) is 0. The van der Waals surface area contributed by atoms with Gasteiger partial charge in [0.1, 0.15) is 5.25 Å². The zero-order chi connectivity index (χ0) is 18.9. The van der Waals surface area contributed by atoms with Crippen molar-refractivity contribution in [3.05, 3.63) is 96.6 Å². The molecule has 0 aliphatic heterocycles. The van der Waals surface area contributed by atoms with Crippen LogP contribution in [-0.4, -0.2) is 12.5 Å². The number of nitrogens with zero attached hydrogens (tertiary/aromatic N) is 1. The number of benzene rings is 3. The Morgan fingerprint density at radius 1 is 0.852 bits per heavy atom. The Kier molecular flexibility index (Phi) is 7.11. The second kappa shape index (κ2) is 9.98. The van der Waals surface area contributed by atoms with E-state index < -0.39 is 0 Å². The highest BCUT2D eigenvalue weighted by Crippen LogP contribution is 2.37. The van der Waals surface area contributed by atoms with Crippen LogP contribution in [0.25, 0.3) is 0 Å². The first-order chi connectivity index (χ1) is 13.3. The lowest BCUT2D eigenvalue weighted by atomic mass is 10.1. The molecule has 0 N–H and O–H groups in total. The normalized spacial score (nSPS) is 11.7. The van der Waals surface area contributed by atoms with E-state index in [2.05, 4.69) is 19.1 Å². The van der Waals surface area contributed by atoms with Crippen molar-refractivity contribution in [1.29, 1.82) is 0 Å². The van der Waals surface area contributed by atoms with Crippen molar-refractivity contribution in [3.63, 3.8) is 0 Å². The first-order valence-corrected chi connectivity index (χ1v) is 10.3. The summed E-state index contributed by atoms with van der Waals surface area (Å²) in [7, 11) is 0. The molecular weight excluding hydrogens is 350 g/mol. The van der Waals surface area contributed by atoms with Gasteiger partial charge in [0, 0.05) is 17.1 Å². The summed E-state index contributed by atoms with van der Waals surface area (Å²) < 4.78 is 0. The highest BCUT2D eigenvalue weighted by molar-refractivity contribution is 8.00. The molecule has 1 amide bonds. The van der Waals surface area contributed by atoms with Crippen molar-refractivity contribution in [3.8, 4) is 0 Å². The van der Waals surface area contributed by atoms with Crippen LogP contribution < -0.4 is 4.90 Å². The third-order valence-electron chi connectivity index (χ3n) is 4.39. The van der Waals surface area contributed by atoms with E-state index in [1.54, 1.807) is 11.8 Å². The molecule has 0 saturated heterocycles. The molecule has 0 aromatic heterocycles. The van der Waals surface area contributed by atoms with Crippen LogP contribution in [0.1, 0.15) is 30.6 Å². The fourth-order valence-corrected chi connectivity index (χ4v) is 4.06. The summed E-state index contributed by atoms with van der Waals surface area (Å²) in [6.07, 6.45) is 2.04. The van der Waals surface area contributed by atoms with Crippen LogP contribution in [0.3, 0.4) is 0 Å². The number of carbonyl (C=O) groups is 1. The van der Waals surface area contributed by atoms with Gasteiger partial charge in [-0.05, 0) is 36.2 Å². The molecule has 0 aliphatic carbocycles. The fourth-order valence-electron chi connectivity index (χ4n) is 2.96. The summed E-state index contributed by atoms with van der Waals surface area (Å²) >= 11 is 1.62. The molecular formula is C24H25NOS. The minimum absolute atomic E-state index is 0.134. The number of rotatable bonds is 8. The first-order valence-electron chi connectivity index (χ1n) is 9.42. The molecule has 0 heterocycles. The first kappa shape index (κ1) is 19.2. The fraction of sp³-hybridized carbons (Fsp3) is 0.208. The number of para-hydroxylation sites is 1. The number of hydrogen-bond acceptors (Lipinski definition) is 2. The number of anilines is 1. The Balaban J connectivity index is 1.94. The van der Waals surface area contributed by atoms with Crippen molar-refractivity contribution in [2.24, 2.45) is 0 Å². The van der Waals surface area contributed by atoms with Gasteiger partial charge in [-0.25, -0.2) is 0 Å². The highest BCUT2D eigenvalue weighted by Gasteiger charge is 2.27. The quantitative estimate of drug-likeness (QED) is 0.427. The Morgan fingerprint density at radius 3 is 2.00 bits per heavy atom. The van der Waals surface area contributed by atoms with Crippen molar-refractivity contribution >= 4 is 23.4 Å². The van der Waals surface area contributed by atoms with Crippen LogP contribution in [0, 0.1) is 0 Å². The zero-order valence-corrected chi connectivity index (χ0v) is 16.4. The average molecular weight is 376 g/mol. The Labute approximate surface area is 166 Å². The summed E-state index contributed by atoms with van der Waals surface area (Å²) in [6.45, 7) is 2.89. The van der Waals surface area contributed by atoms with Gasteiger partial charge in [-0.1, -0.05) is 80.1 Å².